The van der Waals surface area contributed by atoms with Crippen LogP contribution in [0, 0.1) is 0 Å². The van der Waals surface area contributed by atoms with E-state index in [-0.39, 0.29) is 25.0 Å². The van der Waals surface area contributed by atoms with Crippen molar-refractivity contribution >= 4 is 5.78 Å². The highest BCUT2D eigenvalue weighted by molar-refractivity contribution is 5.95. The number of hydrogen-bond donors (Lipinski definition) is 1. The van der Waals surface area contributed by atoms with Gasteiger partial charge in [0.2, 0.25) is 0 Å². The normalized spacial score (nSPS) is 10.9. The predicted molar refractivity (Wildman–Crippen MR) is 53.6 cm³/mol. The molecule has 1 rings (SSSR count). The molecule has 3 heteroatoms. The number of rotatable bonds is 5. The average Bonchev–Trinajstić information content (AvgIpc) is 2.25. The zero-order valence-corrected chi connectivity index (χ0v) is 8.12. The molecule has 0 aliphatic rings. The first-order valence-corrected chi connectivity index (χ1v) is 4.56. The fourth-order valence-corrected chi connectivity index (χ4v) is 1.03. The van der Waals surface area contributed by atoms with Crippen LogP contribution in [-0.4, -0.2) is 24.1 Å². The molecule has 0 amide bonds. The van der Waals surface area contributed by atoms with Crippen molar-refractivity contribution in [2.45, 2.75) is 13.3 Å². The van der Waals surface area contributed by atoms with E-state index in [0.717, 1.165) is 0 Å². The lowest BCUT2D eigenvalue weighted by Gasteiger charge is -2.04. The standard InChI is InChI=1S/C11H14O3/c1-2-11(13)9-3-5-10(6-4-9)14-8-7-12/h3-6,12H,2,7-8H2,1H3/i3D. The minimum atomic E-state index is -0.0665. The third-order valence-corrected chi connectivity index (χ3v) is 1.77. The van der Waals surface area contributed by atoms with Gasteiger partial charge in [-0.3, -0.25) is 4.79 Å². The SMILES string of the molecule is [2H]c1cc(OCCO)ccc1C(=O)CC. The fraction of sp³-hybridized carbons (Fsp3) is 0.364. The molecule has 0 atom stereocenters. The van der Waals surface area contributed by atoms with Gasteiger partial charge in [0.25, 0.3) is 0 Å². The topological polar surface area (TPSA) is 46.5 Å². The van der Waals surface area contributed by atoms with E-state index in [9.17, 15) is 4.79 Å². The average molecular weight is 195 g/mol. The van der Waals surface area contributed by atoms with Crippen LogP contribution < -0.4 is 4.74 Å². The minimum absolute atomic E-state index is 0.0475. The summed E-state index contributed by atoms with van der Waals surface area (Å²) in [6.45, 7) is 1.89. The molecule has 1 N–H and O–H groups in total. The summed E-state index contributed by atoms with van der Waals surface area (Å²) in [5, 5.41) is 8.55. The number of aliphatic hydroxyl groups excluding tert-OH is 1. The van der Waals surface area contributed by atoms with Crippen LogP contribution in [0.15, 0.2) is 24.2 Å². The quantitative estimate of drug-likeness (QED) is 0.727. The Labute approximate surface area is 84.7 Å². The Kier molecular flexibility index (Phi) is 3.55. The number of benzene rings is 1. The van der Waals surface area contributed by atoms with Gasteiger partial charge >= 0.3 is 0 Å². The molecule has 1 aromatic carbocycles. The Morgan fingerprint density at radius 3 is 2.93 bits per heavy atom. The lowest BCUT2D eigenvalue weighted by atomic mass is 10.1. The van der Waals surface area contributed by atoms with Crippen LogP contribution in [0.1, 0.15) is 25.1 Å². The zero-order chi connectivity index (χ0) is 11.3. The van der Waals surface area contributed by atoms with Gasteiger partial charge in [0.05, 0.1) is 7.98 Å². The predicted octanol–water partition coefficient (Wildman–Crippen LogP) is 1.65. The maximum atomic E-state index is 11.4. The molecule has 0 unspecified atom stereocenters. The van der Waals surface area contributed by atoms with E-state index in [1.165, 1.54) is 6.07 Å². The molecule has 0 aromatic heterocycles. The van der Waals surface area contributed by atoms with Gasteiger partial charge in [0.1, 0.15) is 12.4 Å². The molecule has 0 saturated heterocycles. The number of ketones is 1. The molecule has 76 valence electrons. The number of Topliss-reactive ketones (excluding diaryl/α,β-unsaturated/α-hetero) is 1. The maximum absolute atomic E-state index is 11.4. The highest BCUT2D eigenvalue weighted by atomic mass is 16.5. The van der Waals surface area contributed by atoms with Crippen LogP contribution in [-0.2, 0) is 0 Å². The van der Waals surface area contributed by atoms with Crippen LogP contribution in [0.2, 0.25) is 0 Å². The summed E-state index contributed by atoms with van der Waals surface area (Å²) in [4.78, 5) is 11.4. The second kappa shape index (κ2) is 5.40. The molecule has 0 spiro atoms. The first-order valence-electron chi connectivity index (χ1n) is 5.06. The first-order chi connectivity index (χ1) is 7.19. The van der Waals surface area contributed by atoms with E-state index in [4.69, 9.17) is 11.2 Å². The molecule has 0 aliphatic carbocycles. The van der Waals surface area contributed by atoms with Gasteiger partial charge in [-0.05, 0) is 24.2 Å². The number of carbonyl (C=O) groups excluding carboxylic acids is 1. The smallest absolute Gasteiger partial charge is 0.162 e. The summed E-state index contributed by atoms with van der Waals surface area (Å²) in [6, 6.07) is 4.87. The Morgan fingerprint density at radius 2 is 2.36 bits per heavy atom. The van der Waals surface area contributed by atoms with Gasteiger partial charge in [0.15, 0.2) is 5.78 Å². The van der Waals surface area contributed by atoms with Crippen molar-refractivity contribution in [2.24, 2.45) is 0 Å². The van der Waals surface area contributed by atoms with Crippen LogP contribution in [0.5, 0.6) is 5.75 Å². The number of aliphatic hydroxyl groups is 1. The highest BCUT2D eigenvalue weighted by Crippen LogP contribution is 2.13. The van der Waals surface area contributed by atoms with Crippen LogP contribution in [0.4, 0.5) is 0 Å². The minimum Gasteiger partial charge on any atom is -0.491 e. The molecule has 0 heterocycles. The van der Waals surface area contributed by atoms with Crippen molar-refractivity contribution in [2.75, 3.05) is 13.2 Å². The molecule has 0 fully saturated rings. The third-order valence-electron chi connectivity index (χ3n) is 1.77. The molecule has 1 aromatic rings. The summed E-state index contributed by atoms with van der Waals surface area (Å²) in [7, 11) is 0. The van der Waals surface area contributed by atoms with E-state index < -0.39 is 0 Å². The van der Waals surface area contributed by atoms with Gasteiger partial charge in [-0.2, -0.15) is 0 Å². The van der Waals surface area contributed by atoms with Gasteiger partial charge in [0, 0.05) is 12.0 Å². The van der Waals surface area contributed by atoms with E-state index in [1.807, 2.05) is 0 Å². The lowest BCUT2D eigenvalue weighted by Crippen LogP contribution is -2.02. The van der Waals surface area contributed by atoms with Gasteiger partial charge in [-0.15, -0.1) is 0 Å². The maximum Gasteiger partial charge on any atom is 0.162 e. The van der Waals surface area contributed by atoms with Crippen molar-refractivity contribution in [1.29, 1.82) is 0 Å². The van der Waals surface area contributed by atoms with Crippen molar-refractivity contribution in [3.8, 4) is 5.75 Å². The van der Waals surface area contributed by atoms with Gasteiger partial charge in [-0.1, -0.05) is 6.92 Å². The van der Waals surface area contributed by atoms with E-state index in [1.54, 1.807) is 19.1 Å². The number of hydrogen-bond acceptors (Lipinski definition) is 3. The van der Waals surface area contributed by atoms with Crippen LogP contribution >= 0.6 is 0 Å². The zero-order valence-electron chi connectivity index (χ0n) is 9.12. The highest BCUT2D eigenvalue weighted by Gasteiger charge is 2.02. The second-order valence-corrected chi connectivity index (χ2v) is 2.79. The van der Waals surface area contributed by atoms with E-state index >= 15 is 0 Å². The summed E-state index contributed by atoms with van der Waals surface area (Å²) < 4.78 is 12.7. The van der Waals surface area contributed by atoms with E-state index in [2.05, 4.69) is 0 Å². The van der Waals surface area contributed by atoms with Crippen molar-refractivity contribution in [3.05, 3.63) is 29.8 Å². The summed E-state index contributed by atoms with van der Waals surface area (Å²) in [5.41, 5.74) is 0.411. The largest absolute Gasteiger partial charge is 0.491 e. The molecule has 14 heavy (non-hydrogen) atoms. The van der Waals surface area contributed by atoms with Crippen molar-refractivity contribution in [1.82, 2.24) is 0 Å². The Hall–Kier alpha value is -1.35. The number of carbonyl (C=O) groups is 1. The molecule has 3 nitrogen and oxygen atoms in total. The second-order valence-electron chi connectivity index (χ2n) is 2.79. The van der Waals surface area contributed by atoms with Crippen molar-refractivity contribution in [3.63, 3.8) is 0 Å². The molecule has 0 aliphatic heterocycles. The molecule has 0 saturated carbocycles. The van der Waals surface area contributed by atoms with Crippen molar-refractivity contribution < 1.29 is 16.0 Å². The van der Waals surface area contributed by atoms with Crippen LogP contribution in [0.3, 0.4) is 0 Å². The third kappa shape index (κ3) is 2.85. The number of ether oxygens (including phenoxy) is 1. The van der Waals surface area contributed by atoms with Crippen LogP contribution in [0.25, 0.3) is 0 Å². The summed E-state index contributed by atoms with van der Waals surface area (Å²) in [5.74, 6) is 0.454. The lowest BCUT2D eigenvalue weighted by molar-refractivity contribution is 0.0988. The monoisotopic (exact) mass is 195 g/mol. The Morgan fingerprint density at radius 1 is 1.57 bits per heavy atom. The van der Waals surface area contributed by atoms with Gasteiger partial charge < -0.3 is 9.84 Å². The molecular formula is C11H14O3. The Bertz CT molecular complexity index is 350. The Balaban J connectivity index is 2.83. The summed E-state index contributed by atoms with van der Waals surface area (Å²) >= 11 is 0. The molecule has 0 bridgehead atoms. The molecular weight excluding hydrogens is 180 g/mol. The fourth-order valence-electron chi connectivity index (χ4n) is 1.03. The molecule has 0 radical (unpaired) electrons. The first kappa shape index (κ1) is 9.21. The summed E-state index contributed by atoms with van der Waals surface area (Å²) in [6.07, 6.45) is 0.392. The van der Waals surface area contributed by atoms with Gasteiger partial charge in [-0.25, -0.2) is 0 Å². The van der Waals surface area contributed by atoms with E-state index in [0.29, 0.717) is 17.7 Å².